The first kappa shape index (κ1) is 9.56. The molecule has 0 unspecified atom stereocenters. The van der Waals surface area contributed by atoms with Gasteiger partial charge in [-0.1, -0.05) is 0 Å². The van der Waals surface area contributed by atoms with E-state index in [1.807, 2.05) is 0 Å². The molecule has 0 saturated carbocycles. The number of hydrogen-bond acceptors (Lipinski definition) is 4. The van der Waals surface area contributed by atoms with Crippen LogP contribution in [0, 0.1) is 6.08 Å². The predicted molar refractivity (Wildman–Crippen MR) is 37.9 cm³/mol. The van der Waals surface area contributed by atoms with Gasteiger partial charge in [0.05, 0.1) is 6.20 Å². The SMILES string of the molecule is Nc1cnc(F)nc1OCC(F)F. The van der Waals surface area contributed by atoms with Gasteiger partial charge >= 0.3 is 6.08 Å². The zero-order valence-electron chi connectivity index (χ0n) is 6.38. The largest absolute Gasteiger partial charge is 0.470 e. The molecule has 1 rings (SSSR count). The number of halogens is 3. The van der Waals surface area contributed by atoms with Gasteiger partial charge in [-0.05, 0) is 0 Å². The van der Waals surface area contributed by atoms with Crippen molar-refractivity contribution in [1.82, 2.24) is 9.97 Å². The molecule has 13 heavy (non-hydrogen) atoms. The summed E-state index contributed by atoms with van der Waals surface area (Å²) in [5.41, 5.74) is 5.13. The lowest BCUT2D eigenvalue weighted by Gasteiger charge is -2.05. The number of anilines is 1. The van der Waals surface area contributed by atoms with E-state index in [1.165, 1.54) is 0 Å². The van der Waals surface area contributed by atoms with Crippen LogP contribution in [0.2, 0.25) is 0 Å². The summed E-state index contributed by atoms with van der Waals surface area (Å²) < 4.78 is 40.0. The third-order valence-electron chi connectivity index (χ3n) is 1.10. The van der Waals surface area contributed by atoms with Crippen LogP contribution < -0.4 is 10.5 Å². The quantitative estimate of drug-likeness (QED) is 0.722. The maximum atomic E-state index is 12.3. The second kappa shape index (κ2) is 3.92. The number of aromatic nitrogens is 2. The van der Waals surface area contributed by atoms with Crippen LogP contribution in [0.3, 0.4) is 0 Å². The Kier molecular flexibility index (Phi) is 2.88. The molecule has 1 aromatic rings. The van der Waals surface area contributed by atoms with E-state index in [4.69, 9.17) is 5.73 Å². The number of alkyl halides is 2. The average molecular weight is 193 g/mol. The lowest BCUT2D eigenvalue weighted by molar-refractivity contribution is 0.0794. The van der Waals surface area contributed by atoms with Crippen LogP contribution >= 0.6 is 0 Å². The minimum absolute atomic E-state index is 0.0814. The number of ether oxygens (including phenoxy) is 1. The third-order valence-corrected chi connectivity index (χ3v) is 1.10. The number of nitrogen functional groups attached to an aromatic ring is 1. The minimum Gasteiger partial charge on any atom is -0.470 e. The predicted octanol–water partition coefficient (Wildman–Crippen LogP) is 0.842. The molecular weight excluding hydrogens is 187 g/mol. The lowest BCUT2D eigenvalue weighted by atomic mass is 10.5. The number of rotatable bonds is 3. The molecule has 0 aliphatic rings. The van der Waals surface area contributed by atoms with E-state index >= 15 is 0 Å². The van der Waals surface area contributed by atoms with Crippen molar-refractivity contribution in [3.8, 4) is 5.88 Å². The van der Waals surface area contributed by atoms with Gasteiger partial charge in [-0.3, -0.25) is 0 Å². The standard InChI is InChI=1S/C6H6F3N3O/c7-4(8)2-13-5-3(10)1-11-6(9)12-5/h1,4H,2,10H2. The minimum atomic E-state index is -2.66. The first-order valence-electron chi connectivity index (χ1n) is 3.28. The van der Waals surface area contributed by atoms with Gasteiger partial charge in [0, 0.05) is 0 Å². The molecule has 2 N–H and O–H groups in total. The topological polar surface area (TPSA) is 61.0 Å². The van der Waals surface area contributed by atoms with Gasteiger partial charge in [0.1, 0.15) is 5.69 Å². The fourth-order valence-corrected chi connectivity index (χ4v) is 0.613. The van der Waals surface area contributed by atoms with Crippen LogP contribution in [-0.4, -0.2) is 23.0 Å². The second-order valence-corrected chi connectivity index (χ2v) is 2.10. The van der Waals surface area contributed by atoms with Crippen molar-refractivity contribution in [3.05, 3.63) is 12.3 Å². The van der Waals surface area contributed by atoms with Crippen LogP contribution in [0.5, 0.6) is 5.88 Å². The molecule has 0 bridgehead atoms. The lowest BCUT2D eigenvalue weighted by Crippen LogP contribution is -2.10. The normalized spacial score (nSPS) is 10.5. The molecule has 0 aliphatic carbocycles. The average Bonchev–Trinajstić information content (AvgIpc) is 2.06. The summed E-state index contributed by atoms with van der Waals surface area (Å²) in [6.45, 7) is -0.874. The fourth-order valence-electron chi connectivity index (χ4n) is 0.613. The zero-order valence-corrected chi connectivity index (χ0v) is 6.38. The second-order valence-electron chi connectivity index (χ2n) is 2.10. The van der Waals surface area contributed by atoms with E-state index in [0.29, 0.717) is 0 Å². The Bertz CT molecular complexity index is 294. The van der Waals surface area contributed by atoms with Crippen molar-refractivity contribution in [1.29, 1.82) is 0 Å². The Balaban J connectivity index is 2.70. The van der Waals surface area contributed by atoms with E-state index < -0.39 is 19.1 Å². The van der Waals surface area contributed by atoms with Crippen LogP contribution in [0.1, 0.15) is 0 Å². The van der Waals surface area contributed by atoms with Gasteiger partial charge in [-0.15, -0.1) is 0 Å². The first-order valence-corrected chi connectivity index (χ1v) is 3.28. The Morgan fingerprint density at radius 3 is 2.85 bits per heavy atom. The molecule has 0 radical (unpaired) electrons. The first-order chi connectivity index (χ1) is 6.09. The van der Waals surface area contributed by atoms with Gasteiger partial charge in [-0.25, -0.2) is 13.8 Å². The van der Waals surface area contributed by atoms with Gasteiger partial charge in [0.25, 0.3) is 6.43 Å². The molecule has 1 aromatic heterocycles. The van der Waals surface area contributed by atoms with Crippen molar-refractivity contribution < 1.29 is 17.9 Å². The fraction of sp³-hybridized carbons (Fsp3) is 0.333. The van der Waals surface area contributed by atoms with E-state index in [1.54, 1.807) is 0 Å². The third kappa shape index (κ3) is 2.77. The number of nitrogens with zero attached hydrogens (tertiary/aromatic N) is 2. The summed E-state index contributed by atoms with van der Waals surface area (Å²) in [4.78, 5) is 6.18. The molecule has 72 valence electrons. The summed E-state index contributed by atoms with van der Waals surface area (Å²) in [5.74, 6) is -0.368. The summed E-state index contributed by atoms with van der Waals surface area (Å²) >= 11 is 0. The molecule has 0 amide bonds. The van der Waals surface area contributed by atoms with Crippen LogP contribution in [0.4, 0.5) is 18.9 Å². The Morgan fingerprint density at radius 2 is 2.23 bits per heavy atom. The van der Waals surface area contributed by atoms with Gasteiger partial charge in [0.15, 0.2) is 6.61 Å². The molecule has 0 aromatic carbocycles. The maximum absolute atomic E-state index is 12.3. The Morgan fingerprint density at radius 1 is 1.54 bits per heavy atom. The number of nitrogens with two attached hydrogens (primary N) is 1. The molecule has 0 saturated heterocycles. The maximum Gasteiger partial charge on any atom is 0.311 e. The van der Waals surface area contributed by atoms with Gasteiger partial charge in [-0.2, -0.15) is 9.37 Å². The molecule has 1 heterocycles. The number of hydrogen-bond donors (Lipinski definition) is 1. The van der Waals surface area contributed by atoms with E-state index in [2.05, 4.69) is 14.7 Å². The Labute approximate surface area is 71.6 Å². The van der Waals surface area contributed by atoms with Gasteiger partial charge < -0.3 is 10.5 Å². The van der Waals surface area contributed by atoms with Crippen molar-refractivity contribution >= 4 is 5.69 Å². The highest BCUT2D eigenvalue weighted by Gasteiger charge is 2.08. The highest BCUT2D eigenvalue weighted by Crippen LogP contribution is 2.16. The van der Waals surface area contributed by atoms with Crippen molar-refractivity contribution in [2.24, 2.45) is 0 Å². The van der Waals surface area contributed by atoms with Gasteiger partial charge in [0.2, 0.25) is 5.88 Å². The Hall–Kier alpha value is -1.53. The summed E-state index contributed by atoms with van der Waals surface area (Å²) in [5, 5.41) is 0. The van der Waals surface area contributed by atoms with Crippen LogP contribution in [-0.2, 0) is 0 Å². The van der Waals surface area contributed by atoms with Crippen molar-refractivity contribution in [2.45, 2.75) is 6.43 Å². The molecular formula is C6H6F3N3O. The summed E-state index contributed by atoms with van der Waals surface area (Å²) in [6, 6.07) is 0. The molecule has 0 fully saturated rings. The molecule has 7 heteroatoms. The van der Waals surface area contributed by atoms with Crippen molar-refractivity contribution in [3.63, 3.8) is 0 Å². The van der Waals surface area contributed by atoms with Crippen LogP contribution in [0.25, 0.3) is 0 Å². The van der Waals surface area contributed by atoms with E-state index in [9.17, 15) is 13.2 Å². The molecule has 0 spiro atoms. The van der Waals surface area contributed by atoms with Crippen molar-refractivity contribution in [2.75, 3.05) is 12.3 Å². The smallest absolute Gasteiger partial charge is 0.311 e. The molecule has 4 nitrogen and oxygen atoms in total. The monoisotopic (exact) mass is 193 g/mol. The van der Waals surface area contributed by atoms with Crippen LogP contribution in [0.15, 0.2) is 6.20 Å². The van der Waals surface area contributed by atoms with E-state index in [0.717, 1.165) is 6.20 Å². The summed E-state index contributed by atoms with van der Waals surface area (Å²) in [7, 11) is 0. The highest BCUT2D eigenvalue weighted by atomic mass is 19.3. The zero-order chi connectivity index (χ0) is 9.84. The molecule has 0 aliphatic heterocycles. The highest BCUT2D eigenvalue weighted by molar-refractivity contribution is 5.44. The van der Waals surface area contributed by atoms with E-state index in [-0.39, 0.29) is 11.6 Å². The molecule has 0 atom stereocenters. The summed E-state index contributed by atoms with van der Waals surface area (Å²) in [6.07, 6.45) is -2.78.